The van der Waals surface area contributed by atoms with E-state index in [9.17, 15) is 28.6 Å². The SMILES string of the molecule is CCC1(OP(=O)(O)OCC2OCC(OC(C)=O)C2OC(C)=O)C(=O)OCc2c1cc1n(c2=O)Cc2cc3ccccc3nc2-1. The van der Waals surface area contributed by atoms with E-state index in [1.807, 2.05) is 30.3 Å². The fraction of sp³-hybridized carbons (Fsp3) is 0.414. The summed E-state index contributed by atoms with van der Waals surface area (Å²) in [6.07, 6.45) is -3.36. The van der Waals surface area contributed by atoms with Gasteiger partial charge in [0.05, 0.1) is 42.2 Å². The molecule has 0 amide bonds. The topological polar surface area (TPSA) is 179 Å². The molecule has 1 saturated heterocycles. The van der Waals surface area contributed by atoms with Crippen molar-refractivity contribution in [2.24, 2.45) is 0 Å². The Labute approximate surface area is 250 Å². The van der Waals surface area contributed by atoms with E-state index in [2.05, 4.69) is 0 Å². The molecule has 0 saturated carbocycles. The number of aromatic nitrogens is 2. The Hall–Kier alpha value is -3.94. The largest absolute Gasteiger partial charge is 0.473 e. The second-order valence-corrected chi connectivity index (χ2v) is 12.1. The lowest BCUT2D eigenvalue weighted by molar-refractivity contribution is -0.171. The number of fused-ring (bicyclic) bond motifs is 5. The molecule has 5 unspecified atom stereocenters. The van der Waals surface area contributed by atoms with Crippen LogP contribution in [0, 0.1) is 0 Å². The van der Waals surface area contributed by atoms with Crippen molar-refractivity contribution in [3.8, 4) is 11.4 Å². The van der Waals surface area contributed by atoms with Crippen molar-refractivity contribution in [1.82, 2.24) is 9.55 Å². The Kier molecular flexibility index (Phi) is 7.67. The molecule has 5 heterocycles. The van der Waals surface area contributed by atoms with Crippen LogP contribution in [0.15, 0.2) is 41.2 Å². The zero-order valence-electron chi connectivity index (χ0n) is 24.0. The molecule has 6 rings (SSSR count). The minimum atomic E-state index is -5.08. The quantitative estimate of drug-likeness (QED) is 0.171. The molecular formula is C29H29N2O12P. The molecule has 1 aromatic carbocycles. The first-order chi connectivity index (χ1) is 20.9. The molecule has 1 N–H and O–H groups in total. The highest BCUT2D eigenvalue weighted by Gasteiger charge is 2.53. The van der Waals surface area contributed by atoms with Gasteiger partial charge in [0.15, 0.2) is 12.2 Å². The van der Waals surface area contributed by atoms with Crippen molar-refractivity contribution in [1.29, 1.82) is 0 Å². The van der Waals surface area contributed by atoms with Crippen LogP contribution in [0.2, 0.25) is 0 Å². The van der Waals surface area contributed by atoms with Crippen molar-refractivity contribution in [2.75, 3.05) is 13.2 Å². The summed E-state index contributed by atoms with van der Waals surface area (Å²) in [5, 5.41) is 0.904. The smallest absolute Gasteiger partial charge is 0.458 e. The number of carbonyl (C=O) groups excluding carboxylic acids is 3. The van der Waals surface area contributed by atoms with Gasteiger partial charge < -0.3 is 28.4 Å². The van der Waals surface area contributed by atoms with Gasteiger partial charge >= 0.3 is 25.7 Å². The minimum Gasteiger partial charge on any atom is -0.458 e. The maximum atomic E-state index is 13.7. The Morgan fingerprint density at radius 1 is 1.16 bits per heavy atom. The molecule has 1 fully saturated rings. The molecule has 0 spiro atoms. The van der Waals surface area contributed by atoms with Gasteiger partial charge in [-0.15, -0.1) is 0 Å². The van der Waals surface area contributed by atoms with Crippen LogP contribution in [-0.4, -0.2) is 63.9 Å². The summed E-state index contributed by atoms with van der Waals surface area (Å²) < 4.78 is 46.9. The van der Waals surface area contributed by atoms with Crippen molar-refractivity contribution in [3.63, 3.8) is 0 Å². The summed E-state index contributed by atoms with van der Waals surface area (Å²) in [7, 11) is -5.08. The third kappa shape index (κ3) is 5.22. The predicted octanol–water partition coefficient (Wildman–Crippen LogP) is 2.48. The van der Waals surface area contributed by atoms with Crippen LogP contribution in [0.4, 0.5) is 0 Å². The number of phosphoric ester groups is 1. The highest BCUT2D eigenvalue weighted by atomic mass is 31.2. The third-order valence-electron chi connectivity index (χ3n) is 7.88. The number of esters is 3. The summed E-state index contributed by atoms with van der Waals surface area (Å²) >= 11 is 0. The highest BCUT2D eigenvalue weighted by Crippen LogP contribution is 2.54. The van der Waals surface area contributed by atoms with Crippen LogP contribution >= 0.6 is 7.82 Å². The second-order valence-electron chi connectivity index (χ2n) is 10.7. The van der Waals surface area contributed by atoms with Crippen LogP contribution in [0.25, 0.3) is 22.3 Å². The molecule has 2 aromatic heterocycles. The summed E-state index contributed by atoms with van der Waals surface area (Å²) in [6, 6.07) is 11.0. The number of benzene rings is 1. The van der Waals surface area contributed by atoms with Gasteiger partial charge in [-0.05, 0) is 24.6 Å². The molecule has 0 radical (unpaired) electrons. The Bertz CT molecular complexity index is 1800. The van der Waals surface area contributed by atoms with Gasteiger partial charge in [-0.25, -0.2) is 14.3 Å². The van der Waals surface area contributed by atoms with E-state index >= 15 is 0 Å². The maximum absolute atomic E-state index is 13.7. The van der Waals surface area contributed by atoms with E-state index in [0.717, 1.165) is 17.9 Å². The number of ether oxygens (including phenoxy) is 4. The summed E-state index contributed by atoms with van der Waals surface area (Å²) in [5.41, 5.74) is 0.0742. The van der Waals surface area contributed by atoms with Gasteiger partial charge in [-0.3, -0.25) is 23.4 Å². The van der Waals surface area contributed by atoms with Gasteiger partial charge in [-0.1, -0.05) is 25.1 Å². The lowest BCUT2D eigenvalue weighted by Gasteiger charge is -2.36. The Balaban J connectivity index is 1.32. The molecule has 44 heavy (non-hydrogen) atoms. The lowest BCUT2D eigenvalue weighted by Crippen LogP contribution is -2.46. The van der Waals surface area contributed by atoms with E-state index in [1.54, 1.807) is 13.0 Å². The lowest BCUT2D eigenvalue weighted by atomic mass is 9.86. The summed E-state index contributed by atoms with van der Waals surface area (Å²) in [4.78, 5) is 65.7. The number of hydrogen-bond acceptors (Lipinski definition) is 12. The number of pyridine rings is 2. The van der Waals surface area contributed by atoms with E-state index < -0.39 is 61.8 Å². The van der Waals surface area contributed by atoms with Crippen molar-refractivity contribution in [2.45, 2.75) is 64.3 Å². The van der Waals surface area contributed by atoms with E-state index in [1.165, 1.54) is 11.5 Å². The molecule has 232 valence electrons. The third-order valence-corrected chi connectivity index (χ3v) is 8.90. The predicted molar refractivity (Wildman–Crippen MR) is 150 cm³/mol. The fourth-order valence-corrected chi connectivity index (χ4v) is 6.99. The average molecular weight is 629 g/mol. The van der Waals surface area contributed by atoms with Crippen LogP contribution in [-0.2, 0) is 65.7 Å². The fourth-order valence-electron chi connectivity index (χ4n) is 5.90. The molecule has 15 heteroatoms. The van der Waals surface area contributed by atoms with E-state index in [0.29, 0.717) is 16.9 Å². The number of para-hydroxylation sites is 1. The van der Waals surface area contributed by atoms with E-state index in [-0.39, 0.29) is 37.3 Å². The molecule has 0 bridgehead atoms. The van der Waals surface area contributed by atoms with Gasteiger partial charge in [0, 0.05) is 30.4 Å². The average Bonchev–Trinajstić information content (AvgIpc) is 3.52. The maximum Gasteiger partial charge on any atom is 0.473 e. The number of nitrogens with zero attached hydrogens (tertiary/aromatic N) is 2. The number of rotatable bonds is 8. The minimum absolute atomic E-state index is 0.0815. The summed E-state index contributed by atoms with van der Waals surface area (Å²) in [5.74, 6) is -2.30. The van der Waals surface area contributed by atoms with E-state index in [4.69, 9.17) is 33.0 Å². The van der Waals surface area contributed by atoms with Gasteiger partial charge in [0.2, 0.25) is 5.60 Å². The molecule has 5 atom stereocenters. The van der Waals surface area contributed by atoms with Crippen molar-refractivity contribution < 1.29 is 51.8 Å². The number of hydrogen-bond donors (Lipinski definition) is 1. The first-order valence-electron chi connectivity index (χ1n) is 13.9. The summed E-state index contributed by atoms with van der Waals surface area (Å²) in [6.45, 7) is 2.99. The highest BCUT2D eigenvalue weighted by molar-refractivity contribution is 7.47. The standard InChI is InChI=1S/C29H29N2O12P/c1-4-29(43-44(36,37)40-14-23-26(42-16(3)33)24(13-38-23)41-15(2)32)20-10-22-25-18(9-17-7-5-6-8-21(17)30-25)11-31(22)27(34)19(20)12-39-28(29)35/h5-10,23-24,26H,4,11-14H2,1-3H3,(H,36,37). The first kappa shape index (κ1) is 30.1. The van der Waals surface area contributed by atoms with Crippen molar-refractivity contribution >= 4 is 36.6 Å². The number of phosphoric acid groups is 1. The first-order valence-corrected chi connectivity index (χ1v) is 15.4. The van der Waals surface area contributed by atoms with Crippen molar-refractivity contribution in [3.05, 3.63) is 63.4 Å². The number of carbonyl (C=O) groups is 3. The normalized spacial score (nSPS) is 25.0. The molecule has 3 aliphatic heterocycles. The van der Waals surface area contributed by atoms with Gasteiger partial charge in [0.25, 0.3) is 5.56 Å². The molecule has 3 aliphatic rings. The van der Waals surface area contributed by atoms with Crippen LogP contribution in [0.1, 0.15) is 43.9 Å². The monoisotopic (exact) mass is 628 g/mol. The van der Waals surface area contributed by atoms with Gasteiger partial charge in [0.1, 0.15) is 12.7 Å². The van der Waals surface area contributed by atoms with Crippen LogP contribution in [0.3, 0.4) is 0 Å². The van der Waals surface area contributed by atoms with Crippen LogP contribution < -0.4 is 5.56 Å². The van der Waals surface area contributed by atoms with Gasteiger partial charge in [-0.2, -0.15) is 0 Å². The molecule has 3 aromatic rings. The Morgan fingerprint density at radius 2 is 1.91 bits per heavy atom. The molecule has 14 nitrogen and oxygen atoms in total. The van der Waals surface area contributed by atoms with Crippen LogP contribution in [0.5, 0.6) is 0 Å². The number of cyclic esters (lactones) is 1. The zero-order valence-corrected chi connectivity index (χ0v) is 24.9. The molecular weight excluding hydrogens is 599 g/mol. The molecule has 0 aliphatic carbocycles. The zero-order chi connectivity index (χ0) is 31.4. The Morgan fingerprint density at radius 3 is 2.64 bits per heavy atom. The second kappa shape index (κ2) is 11.2.